The molecule has 0 atom stereocenters. The molecule has 3 heteroatoms. The lowest BCUT2D eigenvalue weighted by Gasteiger charge is -2.37. The minimum atomic E-state index is 0.385. The molecule has 0 aromatic rings. The Labute approximate surface area is 98.7 Å². The van der Waals surface area contributed by atoms with E-state index in [1.807, 2.05) is 0 Å². The lowest BCUT2D eigenvalue weighted by Crippen LogP contribution is -2.38. The van der Waals surface area contributed by atoms with Crippen LogP contribution in [0.15, 0.2) is 0 Å². The van der Waals surface area contributed by atoms with Crippen LogP contribution in [0.4, 0.5) is 0 Å². The zero-order valence-electron chi connectivity index (χ0n) is 10.0. The maximum absolute atomic E-state index is 5.64. The number of nitrogens with one attached hydrogen (secondary N) is 1. The number of ether oxygens (including phenoxy) is 1. The first kappa shape index (κ1) is 13.3. The van der Waals surface area contributed by atoms with Crippen LogP contribution in [0, 0.1) is 11.3 Å². The van der Waals surface area contributed by atoms with E-state index in [4.69, 9.17) is 16.3 Å². The van der Waals surface area contributed by atoms with Gasteiger partial charge in [0.15, 0.2) is 0 Å². The summed E-state index contributed by atoms with van der Waals surface area (Å²) in [6, 6.07) is 0. The topological polar surface area (TPSA) is 21.3 Å². The predicted octanol–water partition coefficient (Wildman–Crippen LogP) is 2.66. The zero-order valence-corrected chi connectivity index (χ0v) is 10.8. The van der Waals surface area contributed by atoms with Gasteiger partial charge in [-0.1, -0.05) is 13.8 Å². The zero-order chi connectivity index (χ0) is 11.1. The Bertz CT molecular complexity index is 167. The SMILES string of the molecule is CC(C)(CNCCCCl)C1CCOCC1. The largest absolute Gasteiger partial charge is 0.381 e. The number of alkyl halides is 1. The van der Waals surface area contributed by atoms with Crippen LogP contribution in [0.5, 0.6) is 0 Å². The van der Waals surface area contributed by atoms with Crippen molar-refractivity contribution in [2.24, 2.45) is 11.3 Å². The minimum absolute atomic E-state index is 0.385. The third kappa shape index (κ3) is 4.71. The van der Waals surface area contributed by atoms with Gasteiger partial charge in [-0.25, -0.2) is 0 Å². The standard InChI is InChI=1S/C12H24ClNO/c1-12(2,10-14-7-3-6-13)11-4-8-15-9-5-11/h11,14H,3-10H2,1-2H3. The Morgan fingerprint density at radius 3 is 2.60 bits per heavy atom. The highest BCUT2D eigenvalue weighted by Gasteiger charge is 2.30. The molecule has 0 spiro atoms. The molecule has 1 heterocycles. The average molecular weight is 234 g/mol. The average Bonchev–Trinajstić information content (AvgIpc) is 2.26. The Hall–Kier alpha value is 0.210. The van der Waals surface area contributed by atoms with E-state index in [2.05, 4.69) is 19.2 Å². The summed E-state index contributed by atoms with van der Waals surface area (Å²) in [4.78, 5) is 0. The molecule has 0 radical (unpaired) electrons. The molecule has 0 unspecified atom stereocenters. The Kier molecular flexibility index (Phi) is 5.95. The van der Waals surface area contributed by atoms with Crippen molar-refractivity contribution in [3.8, 4) is 0 Å². The number of hydrogen-bond donors (Lipinski definition) is 1. The van der Waals surface area contributed by atoms with Crippen LogP contribution in [0.3, 0.4) is 0 Å². The van der Waals surface area contributed by atoms with Crippen molar-refractivity contribution in [2.45, 2.75) is 33.1 Å². The summed E-state index contributed by atoms with van der Waals surface area (Å²) in [7, 11) is 0. The van der Waals surface area contributed by atoms with Crippen LogP contribution in [0.1, 0.15) is 33.1 Å². The van der Waals surface area contributed by atoms with Gasteiger partial charge in [0.25, 0.3) is 0 Å². The van der Waals surface area contributed by atoms with Crippen molar-refractivity contribution in [3.63, 3.8) is 0 Å². The van der Waals surface area contributed by atoms with E-state index in [-0.39, 0.29) is 0 Å². The summed E-state index contributed by atoms with van der Waals surface area (Å²) in [6.07, 6.45) is 3.49. The van der Waals surface area contributed by atoms with Gasteiger partial charge in [0, 0.05) is 25.6 Å². The maximum Gasteiger partial charge on any atom is 0.0468 e. The summed E-state index contributed by atoms with van der Waals surface area (Å²) < 4.78 is 5.40. The second kappa shape index (κ2) is 6.72. The summed E-state index contributed by atoms with van der Waals surface area (Å²) in [5.74, 6) is 1.56. The van der Waals surface area contributed by atoms with Crippen molar-refractivity contribution in [1.29, 1.82) is 0 Å². The molecular formula is C12H24ClNO. The highest BCUT2D eigenvalue weighted by atomic mass is 35.5. The lowest BCUT2D eigenvalue weighted by atomic mass is 9.74. The summed E-state index contributed by atoms with van der Waals surface area (Å²) in [6.45, 7) is 8.73. The minimum Gasteiger partial charge on any atom is -0.381 e. The van der Waals surface area contributed by atoms with Gasteiger partial charge in [0.2, 0.25) is 0 Å². The van der Waals surface area contributed by atoms with E-state index in [9.17, 15) is 0 Å². The fourth-order valence-electron chi connectivity index (χ4n) is 2.23. The van der Waals surface area contributed by atoms with E-state index >= 15 is 0 Å². The van der Waals surface area contributed by atoms with E-state index in [0.29, 0.717) is 5.41 Å². The predicted molar refractivity (Wildman–Crippen MR) is 65.5 cm³/mol. The molecule has 1 N–H and O–H groups in total. The van der Waals surface area contributed by atoms with Crippen LogP contribution < -0.4 is 5.32 Å². The van der Waals surface area contributed by atoms with Gasteiger partial charge < -0.3 is 10.1 Å². The molecule has 15 heavy (non-hydrogen) atoms. The second-order valence-corrected chi connectivity index (χ2v) is 5.47. The van der Waals surface area contributed by atoms with Crippen molar-refractivity contribution in [1.82, 2.24) is 5.32 Å². The first-order valence-corrected chi connectivity index (χ1v) is 6.54. The highest BCUT2D eigenvalue weighted by Crippen LogP contribution is 2.33. The van der Waals surface area contributed by atoms with Gasteiger partial charge >= 0.3 is 0 Å². The van der Waals surface area contributed by atoms with Crippen LogP contribution in [-0.2, 0) is 4.74 Å². The maximum atomic E-state index is 5.64. The molecule has 0 bridgehead atoms. The van der Waals surface area contributed by atoms with Gasteiger partial charge in [-0.05, 0) is 37.1 Å². The van der Waals surface area contributed by atoms with Gasteiger partial charge in [0.1, 0.15) is 0 Å². The Balaban J connectivity index is 2.23. The van der Waals surface area contributed by atoms with Crippen molar-refractivity contribution in [3.05, 3.63) is 0 Å². The molecule has 0 aromatic carbocycles. The van der Waals surface area contributed by atoms with Crippen molar-refractivity contribution in [2.75, 3.05) is 32.2 Å². The van der Waals surface area contributed by atoms with E-state index in [1.165, 1.54) is 12.8 Å². The molecule has 0 amide bonds. The van der Waals surface area contributed by atoms with Gasteiger partial charge in [-0.15, -0.1) is 11.6 Å². The molecule has 1 rings (SSSR count). The van der Waals surface area contributed by atoms with E-state index in [0.717, 1.165) is 44.5 Å². The second-order valence-electron chi connectivity index (χ2n) is 5.09. The molecule has 90 valence electrons. The number of hydrogen-bond acceptors (Lipinski definition) is 2. The monoisotopic (exact) mass is 233 g/mol. The Morgan fingerprint density at radius 1 is 1.33 bits per heavy atom. The molecule has 0 saturated carbocycles. The molecule has 1 aliphatic heterocycles. The molecular weight excluding hydrogens is 210 g/mol. The summed E-state index contributed by atoms with van der Waals surface area (Å²) in [5.41, 5.74) is 0.385. The van der Waals surface area contributed by atoms with E-state index < -0.39 is 0 Å². The van der Waals surface area contributed by atoms with Gasteiger partial charge in [-0.3, -0.25) is 0 Å². The fourth-order valence-corrected chi connectivity index (χ4v) is 2.36. The van der Waals surface area contributed by atoms with Crippen LogP contribution >= 0.6 is 11.6 Å². The molecule has 2 nitrogen and oxygen atoms in total. The van der Waals surface area contributed by atoms with Crippen LogP contribution in [0.2, 0.25) is 0 Å². The smallest absolute Gasteiger partial charge is 0.0468 e. The first-order valence-electron chi connectivity index (χ1n) is 6.01. The molecule has 1 aliphatic rings. The Morgan fingerprint density at radius 2 is 2.00 bits per heavy atom. The summed E-state index contributed by atoms with van der Waals surface area (Å²) >= 11 is 5.64. The molecule has 0 aromatic heterocycles. The third-order valence-electron chi connectivity index (χ3n) is 3.39. The third-order valence-corrected chi connectivity index (χ3v) is 3.66. The fraction of sp³-hybridized carbons (Fsp3) is 1.00. The van der Waals surface area contributed by atoms with Gasteiger partial charge in [0.05, 0.1) is 0 Å². The molecule has 1 fully saturated rings. The van der Waals surface area contributed by atoms with Crippen molar-refractivity contribution < 1.29 is 4.74 Å². The molecule has 1 saturated heterocycles. The number of rotatable bonds is 6. The van der Waals surface area contributed by atoms with Crippen LogP contribution in [-0.4, -0.2) is 32.2 Å². The summed E-state index contributed by atoms with van der Waals surface area (Å²) in [5, 5.41) is 3.50. The van der Waals surface area contributed by atoms with Gasteiger partial charge in [-0.2, -0.15) is 0 Å². The van der Waals surface area contributed by atoms with E-state index in [1.54, 1.807) is 0 Å². The first-order chi connectivity index (χ1) is 7.17. The normalized spacial score (nSPS) is 19.4. The van der Waals surface area contributed by atoms with Crippen molar-refractivity contribution >= 4 is 11.6 Å². The lowest BCUT2D eigenvalue weighted by molar-refractivity contribution is 0.0229. The van der Waals surface area contributed by atoms with Crippen LogP contribution in [0.25, 0.3) is 0 Å². The highest BCUT2D eigenvalue weighted by molar-refractivity contribution is 6.17. The molecule has 0 aliphatic carbocycles. The number of halogens is 1. The quantitative estimate of drug-likeness (QED) is 0.563.